The van der Waals surface area contributed by atoms with Gasteiger partial charge in [0.1, 0.15) is 12.4 Å². The number of aromatic nitrogens is 1. The molecule has 6 heteroatoms. The number of nitrogens with zero attached hydrogens (tertiary/aromatic N) is 2. The Morgan fingerprint density at radius 3 is 2.81 bits per heavy atom. The van der Waals surface area contributed by atoms with Gasteiger partial charge in [0.25, 0.3) is 5.91 Å². The molecule has 0 saturated heterocycles. The van der Waals surface area contributed by atoms with Crippen LogP contribution in [-0.4, -0.2) is 49.8 Å². The minimum Gasteiger partial charge on any atom is -0.496 e. The van der Waals surface area contributed by atoms with E-state index in [2.05, 4.69) is 4.98 Å². The van der Waals surface area contributed by atoms with Crippen LogP contribution in [0.25, 0.3) is 0 Å². The van der Waals surface area contributed by atoms with E-state index in [-0.39, 0.29) is 5.91 Å². The SMILES string of the molecule is COCCOc1ccc2c(n1)CCN(C(=O)c1cccc(OC)c1C)C2. The average Bonchev–Trinajstić information content (AvgIpc) is 2.67. The Hall–Kier alpha value is -2.60. The molecule has 1 aliphatic heterocycles. The molecule has 0 unspecified atom stereocenters. The molecule has 0 atom stereocenters. The number of rotatable bonds is 6. The topological polar surface area (TPSA) is 60.9 Å². The number of carbonyl (C=O) groups is 1. The molecular formula is C20H24N2O4. The summed E-state index contributed by atoms with van der Waals surface area (Å²) in [6.45, 7) is 4.10. The molecule has 3 rings (SSSR count). The maximum absolute atomic E-state index is 13.0. The minimum atomic E-state index is 0.0208. The Labute approximate surface area is 153 Å². The average molecular weight is 356 g/mol. The Kier molecular flexibility index (Phi) is 5.73. The molecule has 0 spiro atoms. The Morgan fingerprint density at radius 1 is 1.19 bits per heavy atom. The standard InChI is InChI=1S/C20H24N2O4/c1-14-16(5-4-6-18(14)25-3)20(23)22-10-9-17-15(13-22)7-8-19(21-17)26-12-11-24-2/h4-8H,9-13H2,1-3H3. The summed E-state index contributed by atoms with van der Waals surface area (Å²) in [5.41, 5.74) is 3.60. The van der Waals surface area contributed by atoms with Gasteiger partial charge < -0.3 is 19.1 Å². The lowest BCUT2D eigenvalue weighted by atomic mass is 10.0. The molecule has 0 radical (unpaired) electrons. The lowest BCUT2D eigenvalue weighted by molar-refractivity contribution is 0.0732. The highest BCUT2D eigenvalue weighted by Gasteiger charge is 2.24. The Bertz CT molecular complexity index is 791. The number of hydrogen-bond donors (Lipinski definition) is 0. The van der Waals surface area contributed by atoms with Crippen molar-refractivity contribution < 1.29 is 19.0 Å². The van der Waals surface area contributed by atoms with Crippen LogP contribution in [0.3, 0.4) is 0 Å². The summed E-state index contributed by atoms with van der Waals surface area (Å²) in [4.78, 5) is 19.4. The zero-order valence-electron chi connectivity index (χ0n) is 15.4. The third kappa shape index (κ3) is 3.80. The van der Waals surface area contributed by atoms with Gasteiger partial charge in [-0.15, -0.1) is 0 Å². The lowest BCUT2D eigenvalue weighted by Crippen LogP contribution is -2.36. The van der Waals surface area contributed by atoms with Crippen molar-refractivity contribution >= 4 is 5.91 Å². The Balaban J connectivity index is 1.73. The zero-order chi connectivity index (χ0) is 18.5. The van der Waals surface area contributed by atoms with E-state index in [9.17, 15) is 4.79 Å². The molecule has 6 nitrogen and oxygen atoms in total. The molecular weight excluding hydrogens is 332 g/mol. The van der Waals surface area contributed by atoms with Crippen molar-refractivity contribution in [3.63, 3.8) is 0 Å². The molecule has 0 saturated carbocycles. The quantitative estimate of drug-likeness (QED) is 0.745. The van der Waals surface area contributed by atoms with Gasteiger partial charge in [-0.3, -0.25) is 4.79 Å². The second kappa shape index (κ2) is 8.19. The van der Waals surface area contributed by atoms with E-state index in [1.165, 1.54) is 0 Å². The van der Waals surface area contributed by atoms with Crippen molar-refractivity contribution in [1.29, 1.82) is 0 Å². The lowest BCUT2D eigenvalue weighted by Gasteiger charge is -2.29. The van der Waals surface area contributed by atoms with E-state index in [4.69, 9.17) is 14.2 Å². The summed E-state index contributed by atoms with van der Waals surface area (Å²) in [5, 5.41) is 0. The number of methoxy groups -OCH3 is 2. The molecule has 1 aliphatic rings. The van der Waals surface area contributed by atoms with E-state index in [1.807, 2.05) is 42.2 Å². The summed E-state index contributed by atoms with van der Waals surface area (Å²) >= 11 is 0. The molecule has 0 fully saturated rings. The number of ether oxygens (including phenoxy) is 3. The van der Waals surface area contributed by atoms with Gasteiger partial charge in [-0.2, -0.15) is 0 Å². The fraction of sp³-hybridized carbons (Fsp3) is 0.400. The van der Waals surface area contributed by atoms with Gasteiger partial charge in [-0.1, -0.05) is 12.1 Å². The van der Waals surface area contributed by atoms with Gasteiger partial charge in [0.05, 0.1) is 19.4 Å². The first-order chi connectivity index (χ1) is 12.6. The normalized spacial score (nSPS) is 13.3. The van der Waals surface area contributed by atoms with Crippen LogP contribution in [0.5, 0.6) is 11.6 Å². The van der Waals surface area contributed by atoms with Crippen molar-refractivity contribution in [2.45, 2.75) is 19.9 Å². The van der Waals surface area contributed by atoms with Gasteiger partial charge in [0.15, 0.2) is 0 Å². The predicted octanol–water partition coefficient (Wildman–Crippen LogP) is 2.62. The molecule has 2 aromatic rings. The van der Waals surface area contributed by atoms with E-state index in [0.717, 1.165) is 22.6 Å². The summed E-state index contributed by atoms with van der Waals surface area (Å²) in [5.74, 6) is 1.35. The van der Waals surface area contributed by atoms with E-state index >= 15 is 0 Å². The Morgan fingerprint density at radius 2 is 2.04 bits per heavy atom. The highest BCUT2D eigenvalue weighted by Crippen LogP contribution is 2.25. The third-order valence-electron chi connectivity index (χ3n) is 4.58. The van der Waals surface area contributed by atoms with E-state index in [1.54, 1.807) is 14.2 Å². The fourth-order valence-corrected chi connectivity index (χ4v) is 3.12. The summed E-state index contributed by atoms with van der Waals surface area (Å²) in [6, 6.07) is 9.40. The van der Waals surface area contributed by atoms with Crippen LogP contribution >= 0.6 is 0 Å². The zero-order valence-corrected chi connectivity index (χ0v) is 15.4. The summed E-state index contributed by atoms with van der Waals surface area (Å²) < 4.78 is 15.9. The molecule has 0 N–H and O–H groups in total. The number of fused-ring (bicyclic) bond motifs is 1. The summed E-state index contributed by atoms with van der Waals surface area (Å²) in [7, 11) is 3.25. The van der Waals surface area contributed by atoms with Crippen LogP contribution in [0.15, 0.2) is 30.3 Å². The second-order valence-corrected chi connectivity index (χ2v) is 6.21. The van der Waals surface area contributed by atoms with Crippen molar-refractivity contribution in [1.82, 2.24) is 9.88 Å². The molecule has 2 heterocycles. The van der Waals surface area contributed by atoms with E-state index < -0.39 is 0 Å². The molecule has 1 aromatic carbocycles. The molecule has 0 aliphatic carbocycles. The van der Waals surface area contributed by atoms with Crippen molar-refractivity contribution in [3.05, 3.63) is 52.7 Å². The fourth-order valence-electron chi connectivity index (χ4n) is 3.12. The van der Waals surface area contributed by atoms with Crippen LogP contribution in [0, 0.1) is 6.92 Å². The maximum atomic E-state index is 13.0. The highest BCUT2D eigenvalue weighted by atomic mass is 16.5. The van der Waals surface area contributed by atoms with Crippen molar-refractivity contribution in [2.24, 2.45) is 0 Å². The van der Waals surface area contributed by atoms with Crippen LogP contribution < -0.4 is 9.47 Å². The molecule has 1 aromatic heterocycles. The number of carbonyl (C=O) groups excluding carboxylic acids is 1. The van der Waals surface area contributed by atoms with Crippen LogP contribution in [0.4, 0.5) is 0 Å². The largest absolute Gasteiger partial charge is 0.496 e. The van der Waals surface area contributed by atoms with Gasteiger partial charge in [-0.05, 0) is 24.6 Å². The minimum absolute atomic E-state index is 0.0208. The maximum Gasteiger partial charge on any atom is 0.254 e. The first-order valence-electron chi connectivity index (χ1n) is 8.67. The van der Waals surface area contributed by atoms with Crippen LogP contribution in [0.2, 0.25) is 0 Å². The van der Waals surface area contributed by atoms with Gasteiger partial charge in [0.2, 0.25) is 5.88 Å². The summed E-state index contributed by atoms with van der Waals surface area (Å²) in [6.07, 6.45) is 0.714. The molecule has 138 valence electrons. The molecule has 1 amide bonds. The van der Waals surface area contributed by atoms with Crippen molar-refractivity contribution in [3.8, 4) is 11.6 Å². The van der Waals surface area contributed by atoms with Gasteiger partial charge >= 0.3 is 0 Å². The number of amides is 1. The number of pyridine rings is 1. The first kappa shape index (κ1) is 18.2. The number of hydrogen-bond acceptors (Lipinski definition) is 5. The van der Waals surface area contributed by atoms with E-state index in [0.29, 0.717) is 44.2 Å². The smallest absolute Gasteiger partial charge is 0.254 e. The monoisotopic (exact) mass is 356 g/mol. The first-order valence-corrected chi connectivity index (χ1v) is 8.67. The van der Waals surface area contributed by atoms with Gasteiger partial charge in [0, 0.05) is 43.8 Å². The third-order valence-corrected chi connectivity index (χ3v) is 4.58. The number of benzene rings is 1. The van der Waals surface area contributed by atoms with Crippen LogP contribution in [0.1, 0.15) is 27.2 Å². The molecule has 26 heavy (non-hydrogen) atoms. The van der Waals surface area contributed by atoms with Gasteiger partial charge in [-0.25, -0.2) is 4.98 Å². The van der Waals surface area contributed by atoms with Crippen molar-refractivity contribution in [2.75, 3.05) is 34.0 Å². The predicted molar refractivity (Wildman–Crippen MR) is 97.8 cm³/mol. The van der Waals surface area contributed by atoms with Crippen LogP contribution in [-0.2, 0) is 17.7 Å². The second-order valence-electron chi connectivity index (χ2n) is 6.21. The highest BCUT2D eigenvalue weighted by molar-refractivity contribution is 5.96. The molecule has 0 bridgehead atoms.